The first-order valence-corrected chi connectivity index (χ1v) is 12.3. The molecule has 180 valence electrons. The van der Waals surface area contributed by atoms with Crippen LogP contribution in [0.4, 0.5) is 5.69 Å². The monoisotopic (exact) mass is 467 g/mol. The Kier molecular flexibility index (Phi) is 6.33. The summed E-state index contributed by atoms with van der Waals surface area (Å²) in [5.74, 6) is -0.360. The second-order valence-corrected chi connectivity index (χ2v) is 9.55. The first-order valence-electron chi connectivity index (χ1n) is 12.3. The van der Waals surface area contributed by atoms with E-state index in [4.69, 9.17) is 0 Å². The minimum atomic E-state index is -0.873. The van der Waals surface area contributed by atoms with Gasteiger partial charge in [0.25, 0.3) is 0 Å². The van der Waals surface area contributed by atoms with Crippen LogP contribution >= 0.6 is 0 Å². The number of benzene rings is 2. The van der Waals surface area contributed by atoms with E-state index < -0.39 is 5.97 Å². The fraction of sp³-hybridized carbons (Fsp3) is 0.333. The highest BCUT2D eigenvalue weighted by Gasteiger charge is 2.30. The number of fused-ring (bicyclic) bond motifs is 5. The molecule has 0 bridgehead atoms. The first-order chi connectivity index (χ1) is 16.7. The molecule has 0 radical (unpaired) electrons. The van der Waals surface area contributed by atoms with Gasteiger partial charge in [0, 0.05) is 41.4 Å². The highest BCUT2D eigenvalue weighted by atomic mass is 16.4. The molecule has 2 aromatic heterocycles. The lowest BCUT2D eigenvalue weighted by molar-refractivity contribution is 0.0697. The average molecular weight is 468 g/mol. The third kappa shape index (κ3) is 4.09. The lowest BCUT2D eigenvalue weighted by Gasteiger charge is -2.26. The van der Waals surface area contributed by atoms with E-state index in [1.165, 1.54) is 60.0 Å². The molecular weight excluding hydrogens is 434 g/mol. The van der Waals surface area contributed by atoms with Crippen molar-refractivity contribution in [1.29, 1.82) is 0 Å². The highest BCUT2D eigenvalue weighted by Crippen LogP contribution is 2.47. The van der Waals surface area contributed by atoms with Gasteiger partial charge in [-0.05, 0) is 54.7 Å². The molecule has 4 aromatic rings. The zero-order chi connectivity index (χ0) is 23.1. The average Bonchev–Trinajstić information content (AvgIpc) is 3.12. The molecule has 2 aromatic carbocycles. The Morgan fingerprint density at radius 3 is 2.54 bits per heavy atom. The summed E-state index contributed by atoms with van der Waals surface area (Å²) < 4.78 is 2.39. The smallest absolute Gasteiger partial charge is 0.335 e. The van der Waals surface area contributed by atoms with Crippen LogP contribution in [0.5, 0.6) is 0 Å². The number of anilines is 1. The lowest BCUT2D eigenvalue weighted by atomic mass is 9.81. The van der Waals surface area contributed by atoms with Crippen LogP contribution < -0.4 is 4.90 Å². The third-order valence-corrected chi connectivity index (χ3v) is 7.54. The molecule has 0 spiro atoms. The molecule has 0 amide bonds. The van der Waals surface area contributed by atoms with Gasteiger partial charge in [0.1, 0.15) is 0 Å². The van der Waals surface area contributed by atoms with Crippen LogP contribution in [0, 0.1) is 0 Å². The quantitative estimate of drug-likeness (QED) is 0.348. The molecule has 1 saturated carbocycles. The number of rotatable bonds is 4. The third-order valence-electron chi connectivity index (χ3n) is 7.54. The summed E-state index contributed by atoms with van der Waals surface area (Å²) in [5.41, 5.74) is 7.61. The maximum Gasteiger partial charge on any atom is 0.335 e. The summed E-state index contributed by atoms with van der Waals surface area (Å²) in [5, 5.41) is 10.9. The summed E-state index contributed by atoms with van der Waals surface area (Å²) in [6.07, 6.45) is 8.08. The van der Waals surface area contributed by atoms with Gasteiger partial charge in [0.15, 0.2) is 0 Å². The summed E-state index contributed by atoms with van der Waals surface area (Å²) in [6, 6.07) is 20.5. The number of carbonyl (C=O) groups is 1. The predicted molar refractivity (Wildman–Crippen MR) is 142 cm³/mol. The van der Waals surface area contributed by atoms with Gasteiger partial charge in [-0.15, -0.1) is 0 Å². The number of aromatic nitrogens is 2. The Bertz CT molecular complexity index is 1350. The topological polar surface area (TPSA) is 58.4 Å². The molecule has 3 heterocycles. The molecule has 1 aliphatic heterocycles. The molecule has 0 atom stereocenters. The largest absolute Gasteiger partial charge is 0.478 e. The molecule has 5 nitrogen and oxygen atoms in total. The van der Waals surface area contributed by atoms with E-state index in [0.29, 0.717) is 11.5 Å². The normalized spacial score (nSPS) is 15.7. The van der Waals surface area contributed by atoms with Crippen LogP contribution in [-0.4, -0.2) is 27.2 Å². The SMILES string of the molecule is C.O=C(O)c1ccc2c(C3CCCCC3)c3n(c2c1)CCN(Cc1ccccn1)c1ccccc1-3. The first kappa shape index (κ1) is 23.2. The number of para-hydroxylation sites is 1. The lowest BCUT2D eigenvalue weighted by Crippen LogP contribution is -2.26. The molecule has 35 heavy (non-hydrogen) atoms. The van der Waals surface area contributed by atoms with Gasteiger partial charge in [-0.25, -0.2) is 4.79 Å². The van der Waals surface area contributed by atoms with Crippen molar-refractivity contribution in [1.82, 2.24) is 9.55 Å². The van der Waals surface area contributed by atoms with Crippen LogP contribution in [0.1, 0.15) is 67.1 Å². The van der Waals surface area contributed by atoms with Crippen molar-refractivity contribution in [2.45, 2.75) is 58.5 Å². The zero-order valence-electron chi connectivity index (χ0n) is 19.3. The van der Waals surface area contributed by atoms with Crippen molar-refractivity contribution >= 4 is 22.6 Å². The molecule has 0 saturated heterocycles. The van der Waals surface area contributed by atoms with E-state index in [2.05, 4.69) is 50.8 Å². The van der Waals surface area contributed by atoms with Crippen LogP contribution in [-0.2, 0) is 13.1 Å². The van der Waals surface area contributed by atoms with Crippen molar-refractivity contribution in [2.75, 3.05) is 11.4 Å². The van der Waals surface area contributed by atoms with Gasteiger partial charge >= 0.3 is 5.97 Å². The Balaban J connectivity index is 0.00000253. The maximum absolute atomic E-state index is 11.8. The second kappa shape index (κ2) is 9.57. The second-order valence-electron chi connectivity index (χ2n) is 9.55. The van der Waals surface area contributed by atoms with Crippen molar-refractivity contribution < 1.29 is 9.90 Å². The van der Waals surface area contributed by atoms with Crippen LogP contribution in [0.2, 0.25) is 0 Å². The van der Waals surface area contributed by atoms with Crippen molar-refractivity contribution in [3.05, 3.63) is 83.7 Å². The molecule has 1 fully saturated rings. The van der Waals surface area contributed by atoms with Crippen LogP contribution in [0.3, 0.4) is 0 Å². The fourth-order valence-electron chi connectivity index (χ4n) is 5.98. The van der Waals surface area contributed by atoms with Gasteiger partial charge in [0.2, 0.25) is 0 Å². The van der Waals surface area contributed by atoms with E-state index in [1.807, 2.05) is 24.4 Å². The summed E-state index contributed by atoms with van der Waals surface area (Å²) >= 11 is 0. The number of hydrogen-bond donors (Lipinski definition) is 1. The minimum Gasteiger partial charge on any atom is -0.478 e. The van der Waals surface area contributed by atoms with E-state index in [0.717, 1.165) is 30.8 Å². The predicted octanol–water partition coefficient (Wildman–Crippen LogP) is 7.11. The molecule has 5 heteroatoms. The number of hydrogen-bond acceptors (Lipinski definition) is 3. The Hall–Kier alpha value is -3.60. The molecular formula is C30H33N3O2. The molecule has 6 rings (SSSR count). The molecule has 1 N–H and O–H groups in total. The van der Waals surface area contributed by atoms with E-state index in [1.54, 1.807) is 6.07 Å². The van der Waals surface area contributed by atoms with Gasteiger partial charge in [-0.2, -0.15) is 0 Å². The van der Waals surface area contributed by atoms with E-state index in [-0.39, 0.29) is 7.43 Å². The Labute approximate surface area is 207 Å². The maximum atomic E-state index is 11.8. The molecule has 0 unspecified atom stereocenters. The Morgan fingerprint density at radius 2 is 1.77 bits per heavy atom. The number of carboxylic acid groups (broad SMARTS) is 1. The summed E-state index contributed by atoms with van der Waals surface area (Å²) in [7, 11) is 0. The van der Waals surface area contributed by atoms with Gasteiger partial charge in [0.05, 0.1) is 23.5 Å². The van der Waals surface area contributed by atoms with Gasteiger partial charge in [-0.3, -0.25) is 4.98 Å². The summed E-state index contributed by atoms with van der Waals surface area (Å²) in [6.45, 7) is 2.40. The number of aromatic carboxylic acids is 1. The van der Waals surface area contributed by atoms with Gasteiger partial charge < -0.3 is 14.6 Å². The minimum absolute atomic E-state index is 0. The molecule has 2 aliphatic rings. The number of nitrogens with zero attached hydrogens (tertiary/aromatic N) is 3. The highest BCUT2D eigenvalue weighted by molar-refractivity contribution is 5.99. The Morgan fingerprint density at radius 1 is 0.971 bits per heavy atom. The van der Waals surface area contributed by atoms with Crippen molar-refractivity contribution in [2.24, 2.45) is 0 Å². The number of carboxylic acids is 1. The van der Waals surface area contributed by atoms with Gasteiger partial charge in [-0.1, -0.05) is 57.0 Å². The fourth-order valence-corrected chi connectivity index (χ4v) is 5.98. The summed E-state index contributed by atoms with van der Waals surface area (Å²) in [4.78, 5) is 18.8. The number of pyridine rings is 1. The van der Waals surface area contributed by atoms with E-state index in [9.17, 15) is 9.90 Å². The standard InChI is InChI=1S/C29H29N3O2.CH4/c33-29(34)21-13-14-23-26(18-21)32-17-16-31(19-22-10-6-7-15-30-22)25-12-5-4-11-24(25)28(32)27(23)20-8-2-1-3-9-20;/h4-7,10-15,18,20H,1-3,8-9,16-17,19H2,(H,33,34);1H4. The van der Waals surface area contributed by atoms with Crippen LogP contribution in [0.15, 0.2) is 66.9 Å². The van der Waals surface area contributed by atoms with E-state index >= 15 is 0 Å². The molecule has 1 aliphatic carbocycles. The van der Waals surface area contributed by atoms with Crippen molar-refractivity contribution in [3.8, 4) is 11.3 Å². The van der Waals surface area contributed by atoms with Crippen molar-refractivity contribution in [3.63, 3.8) is 0 Å². The zero-order valence-corrected chi connectivity index (χ0v) is 19.3. The van der Waals surface area contributed by atoms with Crippen LogP contribution in [0.25, 0.3) is 22.2 Å².